The van der Waals surface area contributed by atoms with Crippen LogP contribution in [0.25, 0.3) is 5.69 Å². The van der Waals surface area contributed by atoms with Gasteiger partial charge in [-0.1, -0.05) is 12.1 Å². The SMILES string of the molecule is Cc1ccc(CNC(C)c2cccc(-n3cnnn3)c2)o1. The van der Waals surface area contributed by atoms with Crippen molar-refractivity contribution in [1.29, 1.82) is 0 Å². The summed E-state index contributed by atoms with van der Waals surface area (Å²) in [4.78, 5) is 0. The maximum Gasteiger partial charge on any atom is 0.143 e. The fourth-order valence-electron chi connectivity index (χ4n) is 2.17. The second-order valence-corrected chi connectivity index (χ2v) is 4.96. The molecule has 1 aromatic carbocycles. The zero-order chi connectivity index (χ0) is 14.7. The maximum absolute atomic E-state index is 5.56. The predicted octanol–water partition coefficient (Wildman–Crippen LogP) is 2.41. The highest BCUT2D eigenvalue weighted by molar-refractivity contribution is 5.35. The molecular weight excluding hydrogens is 266 g/mol. The second kappa shape index (κ2) is 5.88. The van der Waals surface area contributed by atoms with Gasteiger partial charge >= 0.3 is 0 Å². The first kappa shape index (κ1) is 13.5. The van der Waals surface area contributed by atoms with Crippen LogP contribution in [0.3, 0.4) is 0 Å². The van der Waals surface area contributed by atoms with Crippen LogP contribution >= 0.6 is 0 Å². The molecule has 0 fully saturated rings. The summed E-state index contributed by atoms with van der Waals surface area (Å²) < 4.78 is 7.20. The summed E-state index contributed by atoms with van der Waals surface area (Å²) in [5.41, 5.74) is 2.12. The van der Waals surface area contributed by atoms with Gasteiger partial charge in [-0.05, 0) is 54.1 Å². The minimum Gasteiger partial charge on any atom is -0.465 e. The molecule has 1 unspecified atom stereocenters. The number of hydrogen-bond acceptors (Lipinski definition) is 5. The van der Waals surface area contributed by atoms with Gasteiger partial charge in [0.1, 0.15) is 17.8 Å². The van der Waals surface area contributed by atoms with E-state index < -0.39 is 0 Å². The minimum absolute atomic E-state index is 0.201. The second-order valence-electron chi connectivity index (χ2n) is 4.96. The summed E-state index contributed by atoms with van der Waals surface area (Å²) >= 11 is 0. The van der Waals surface area contributed by atoms with Crippen molar-refractivity contribution in [2.75, 3.05) is 0 Å². The molecular formula is C15H17N5O. The van der Waals surface area contributed by atoms with E-state index in [1.807, 2.05) is 31.2 Å². The van der Waals surface area contributed by atoms with Gasteiger partial charge in [-0.15, -0.1) is 5.10 Å². The van der Waals surface area contributed by atoms with Crippen molar-refractivity contribution in [1.82, 2.24) is 25.5 Å². The van der Waals surface area contributed by atoms with Crippen LogP contribution in [0.2, 0.25) is 0 Å². The van der Waals surface area contributed by atoms with Crippen LogP contribution in [-0.2, 0) is 6.54 Å². The minimum atomic E-state index is 0.201. The van der Waals surface area contributed by atoms with Crippen molar-refractivity contribution in [3.05, 3.63) is 59.8 Å². The Bertz CT molecular complexity index is 704. The monoisotopic (exact) mass is 283 g/mol. The molecule has 2 heterocycles. The van der Waals surface area contributed by atoms with Crippen molar-refractivity contribution in [2.45, 2.75) is 26.4 Å². The van der Waals surface area contributed by atoms with Gasteiger partial charge in [0.25, 0.3) is 0 Å². The Labute approximate surface area is 122 Å². The lowest BCUT2D eigenvalue weighted by molar-refractivity contribution is 0.444. The third-order valence-corrected chi connectivity index (χ3v) is 3.36. The van der Waals surface area contributed by atoms with E-state index in [2.05, 4.69) is 39.9 Å². The number of tetrazole rings is 1. The van der Waals surface area contributed by atoms with Crippen LogP contribution < -0.4 is 5.32 Å². The van der Waals surface area contributed by atoms with Gasteiger partial charge in [0, 0.05) is 6.04 Å². The number of nitrogens with zero attached hydrogens (tertiary/aromatic N) is 4. The zero-order valence-electron chi connectivity index (χ0n) is 12.0. The molecule has 0 saturated carbocycles. The van der Waals surface area contributed by atoms with Gasteiger partial charge < -0.3 is 9.73 Å². The Morgan fingerprint density at radius 1 is 1.29 bits per heavy atom. The quantitative estimate of drug-likeness (QED) is 0.778. The van der Waals surface area contributed by atoms with Crippen molar-refractivity contribution in [3.63, 3.8) is 0 Å². The smallest absolute Gasteiger partial charge is 0.143 e. The van der Waals surface area contributed by atoms with Crippen LogP contribution in [0, 0.1) is 6.92 Å². The van der Waals surface area contributed by atoms with Crippen LogP contribution in [0.1, 0.15) is 30.0 Å². The van der Waals surface area contributed by atoms with Gasteiger partial charge in [-0.25, -0.2) is 4.68 Å². The average Bonchev–Trinajstić information content (AvgIpc) is 3.16. The number of nitrogens with one attached hydrogen (secondary N) is 1. The molecule has 108 valence electrons. The number of benzene rings is 1. The van der Waals surface area contributed by atoms with Gasteiger partial charge in [-0.3, -0.25) is 0 Å². The van der Waals surface area contributed by atoms with Gasteiger partial charge in [0.2, 0.25) is 0 Å². The van der Waals surface area contributed by atoms with Crippen molar-refractivity contribution in [3.8, 4) is 5.69 Å². The highest BCUT2D eigenvalue weighted by Crippen LogP contribution is 2.17. The van der Waals surface area contributed by atoms with Crippen LogP contribution in [0.15, 0.2) is 47.1 Å². The molecule has 6 nitrogen and oxygen atoms in total. The summed E-state index contributed by atoms with van der Waals surface area (Å²) in [7, 11) is 0. The number of hydrogen-bond donors (Lipinski definition) is 1. The van der Waals surface area contributed by atoms with Crippen LogP contribution in [0.4, 0.5) is 0 Å². The highest BCUT2D eigenvalue weighted by atomic mass is 16.3. The number of furan rings is 1. The lowest BCUT2D eigenvalue weighted by Crippen LogP contribution is -2.18. The summed E-state index contributed by atoms with van der Waals surface area (Å²) in [6.45, 7) is 4.77. The van der Waals surface area contributed by atoms with E-state index in [-0.39, 0.29) is 6.04 Å². The molecule has 3 rings (SSSR count). The number of aryl methyl sites for hydroxylation is 1. The molecule has 2 aromatic heterocycles. The van der Waals surface area contributed by atoms with E-state index >= 15 is 0 Å². The Balaban J connectivity index is 1.69. The lowest BCUT2D eigenvalue weighted by Gasteiger charge is -2.14. The van der Waals surface area contributed by atoms with Crippen molar-refractivity contribution >= 4 is 0 Å². The van der Waals surface area contributed by atoms with Crippen molar-refractivity contribution in [2.24, 2.45) is 0 Å². The molecule has 1 N–H and O–H groups in total. The third kappa shape index (κ3) is 3.17. The van der Waals surface area contributed by atoms with E-state index in [0.29, 0.717) is 6.54 Å². The third-order valence-electron chi connectivity index (χ3n) is 3.36. The van der Waals surface area contributed by atoms with E-state index in [0.717, 1.165) is 17.2 Å². The van der Waals surface area contributed by atoms with Crippen LogP contribution in [-0.4, -0.2) is 20.2 Å². The molecule has 3 aromatic rings. The normalized spacial score (nSPS) is 12.5. The average molecular weight is 283 g/mol. The maximum atomic E-state index is 5.56. The molecule has 1 atom stereocenters. The number of aromatic nitrogens is 4. The molecule has 0 aliphatic rings. The Morgan fingerprint density at radius 3 is 2.90 bits per heavy atom. The molecule has 6 heteroatoms. The Morgan fingerprint density at radius 2 is 2.19 bits per heavy atom. The van der Waals surface area contributed by atoms with Gasteiger partial charge in [-0.2, -0.15) is 0 Å². The topological polar surface area (TPSA) is 68.8 Å². The highest BCUT2D eigenvalue weighted by Gasteiger charge is 2.08. The molecule has 0 aliphatic carbocycles. The van der Waals surface area contributed by atoms with Gasteiger partial charge in [0.05, 0.1) is 12.2 Å². The van der Waals surface area contributed by atoms with E-state index in [1.54, 1.807) is 11.0 Å². The molecule has 0 aliphatic heterocycles. The molecule has 0 saturated heterocycles. The lowest BCUT2D eigenvalue weighted by atomic mass is 10.1. The Hall–Kier alpha value is -2.47. The zero-order valence-corrected chi connectivity index (χ0v) is 12.0. The summed E-state index contributed by atoms with van der Waals surface area (Å²) in [5, 5.41) is 14.7. The first-order chi connectivity index (χ1) is 10.2. The number of rotatable bonds is 5. The van der Waals surface area contributed by atoms with Gasteiger partial charge in [0.15, 0.2) is 0 Å². The predicted molar refractivity (Wildman–Crippen MR) is 77.9 cm³/mol. The summed E-state index contributed by atoms with van der Waals surface area (Å²) in [6, 6.07) is 12.3. The molecule has 21 heavy (non-hydrogen) atoms. The molecule has 0 spiro atoms. The fourth-order valence-corrected chi connectivity index (χ4v) is 2.17. The molecule has 0 radical (unpaired) electrons. The molecule has 0 amide bonds. The van der Waals surface area contributed by atoms with Crippen molar-refractivity contribution < 1.29 is 4.42 Å². The van der Waals surface area contributed by atoms with Crippen LogP contribution in [0.5, 0.6) is 0 Å². The van der Waals surface area contributed by atoms with E-state index in [9.17, 15) is 0 Å². The first-order valence-corrected chi connectivity index (χ1v) is 6.84. The Kier molecular flexibility index (Phi) is 3.79. The molecule has 0 bridgehead atoms. The van der Waals surface area contributed by atoms with E-state index in [4.69, 9.17) is 4.42 Å². The first-order valence-electron chi connectivity index (χ1n) is 6.84. The largest absolute Gasteiger partial charge is 0.465 e. The standard InChI is InChI=1S/C15H17N5O/c1-11-6-7-15(21-11)9-16-12(2)13-4-3-5-14(8-13)20-10-17-18-19-20/h3-8,10,12,16H,9H2,1-2H3. The summed E-state index contributed by atoms with van der Waals surface area (Å²) in [5.74, 6) is 1.87. The summed E-state index contributed by atoms with van der Waals surface area (Å²) in [6.07, 6.45) is 1.59. The van der Waals surface area contributed by atoms with E-state index in [1.165, 1.54) is 5.56 Å². The fraction of sp³-hybridized carbons (Fsp3) is 0.267.